The average Bonchev–Trinajstić information content (AvgIpc) is 3.36. The lowest BCUT2D eigenvalue weighted by Gasteiger charge is -2.37. The van der Waals surface area contributed by atoms with Gasteiger partial charge in [-0.1, -0.05) is 24.6 Å². The summed E-state index contributed by atoms with van der Waals surface area (Å²) < 4.78 is 11.6. The first-order chi connectivity index (χ1) is 11.8. The monoisotopic (exact) mass is 344 g/mol. The fourth-order valence-corrected chi connectivity index (χ4v) is 3.93. The van der Waals surface area contributed by atoms with E-state index < -0.39 is 11.2 Å². The lowest BCUT2D eigenvalue weighted by Crippen LogP contribution is -2.41. The van der Waals surface area contributed by atoms with Gasteiger partial charge in [0.25, 0.3) is 0 Å². The molecule has 0 radical (unpaired) electrons. The van der Waals surface area contributed by atoms with Crippen LogP contribution in [0, 0.1) is 11.8 Å². The van der Waals surface area contributed by atoms with Crippen molar-refractivity contribution in [2.75, 3.05) is 0 Å². The van der Waals surface area contributed by atoms with Crippen molar-refractivity contribution in [1.29, 1.82) is 0 Å². The molecule has 0 aromatic heterocycles. The molecule has 1 aromatic rings. The maximum Gasteiger partial charge on any atom is 0.338 e. The highest BCUT2D eigenvalue weighted by Crippen LogP contribution is 2.54. The highest BCUT2D eigenvalue weighted by molar-refractivity contribution is 5.89. The van der Waals surface area contributed by atoms with Crippen molar-refractivity contribution in [1.82, 2.24) is 0 Å². The molecule has 0 heterocycles. The zero-order valence-corrected chi connectivity index (χ0v) is 15.4. The van der Waals surface area contributed by atoms with Crippen molar-refractivity contribution in [2.24, 2.45) is 11.8 Å². The number of hydrogen-bond acceptors (Lipinski definition) is 4. The molecule has 136 valence electrons. The highest BCUT2D eigenvalue weighted by atomic mass is 16.6. The number of carbonyl (C=O) groups excluding carboxylic acids is 2. The molecule has 2 aliphatic rings. The van der Waals surface area contributed by atoms with Crippen molar-refractivity contribution >= 4 is 11.9 Å². The van der Waals surface area contributed by atoms with Crippen LogP contribution in [-0.2, 0) is 14.3 Å². The van der Waals surface area contributed by atoms with Gasteiger partial charge in [-0.3, -0.25) is 4.79 Å². The Bertz CT molecular complexity index is 623. The van der Waals surface area contributed by atoms with E-state index in [1.165, 1.54) is 0 Å². The van der Waals surface area contributed by atoms with E-state index in [-0.39, 0.29) is 23.8 Å². The quantitative estimate of drug-likeness (QED) is 0.753. The molecular weight excluding hydrogens is 316 g/mol. The van der Waals surface area contributed by atoms with Crippen LogP contribution in [0.15, 0.2) is 30.3 Å². The molecule has 2 aliphatic carbocycles. The summed E-state index contributed by atoms with van der Waals surface area (Å²) in [4.78, 5) is 25.0. The van der Waals surface area contributed by atoms with Crippen LogP contribution >= 0.6 is 0 Å². The van der Waals surface area contributed by atoms with Crippen LogP contribution < -0.4 is 0 Å². The van der Waals surface area contributed by atoms with Gasteiger partial charge in [0.1, 0.15) is 11.2 Å². The molecular formula is C21H28O4. The number of benzene rings is 1. The molecule has 0 aliphatic heterocycles. The van der Waals surface area contributed by atoms with Gasteiger partial charge in [0.05, 0.1) is 11.5 Å². The van der Waals surface area contributed by atoms with E-state index in [2.05, 4.69) is 0 Å². The number of hydrogen-bond donors (Lipinski definition) is 0. The number of esters is 2. The first-order valence-electron chi connectivity index (χ1n) is 9.32. The molecule has 2 atom stereocenters. The van der Waals surface area contributed by atoms with Crippen molar-refractivity contribution in [3.8, 4) is 0 Å². The van der Waals surface area contributed by atoms with Gasteiger partial charge in [0.15, 0.2) is 0 Å². The molecule has 25 heavy (non-hydrogen) atoms. The topological polar surface area (TPSA) is 52.6 Å². The molecule has 2 fully saturated rings. The van der Waals surface area contributed by atoms with Crippen LogP contribution in [0.2, 0.25) is 0 Å². The smallest absolute Gasteiger partial charge is 0.338 e. The van der Waals surface area contributed by atoms with Gasteiger partial charge in [-0.15, -0.1) is 0 Å². The first-order valence-corrected chi connectivity index (χ1v) is 9.32. The van der Waals surface area contributed by atoms with E-state index in [0.29, 0.717) is 5.56 Å². The van der Waals surface area contributed by atoms with Crippen molar-refractivity contribution in [3.63, 3.8) is 0 Å². The predicted octanol–water partition coefficient (Wildman–Crippen LogP) is 4.52. The largest absolute Gasteiger partial charge is 0.460 e. The minimum absolute atomic E-state index is 0.0929. The maximum atomic E-state index is 12.6. The van der Waals surface area contributed by atoms with Crippen LogP contribution in [0.1, 0.15) is 69.7 Å². The predicted molar refractivity (Wildman–Crippen MR) is 95.1 cm³/mol. The molecule has 2 saturated carbocycles. The Morgan fingerprint density at radius 2 is 1.68 bits per heavy atom. The lowest BCUT2D eigenvalue weighted by atomic mass is 9.80. The molecule has 4 nitrogen and oxygen atoms in total. The Kier molecular flexibility index (Phi) is 4.90. The minimum Gasteiger partial charge on any atom is -0.460 e. The number of rotatable bonds is 4. The summed E-state index contributed by atoms with van der Waals surface area (Å²) in [5.74, 6) is -0.480. The standard InChI is InChI=1S/C21H28O4/c1-20(2,3)24-19(23)16-14-17(16)21(12-8-5-9-13-21)25-18(22)15-10-6-4-7-11-15/h4,6-7,10-11,16-17H,5,8-9,12-14H2,1-3H3. The molecule has 0 bridgehead atoms. The molecule has 0 spiro atoms. The van der Waals surface area contributed by atoms with E-state index in [4.69, 9.17) is 9.47 Å². The molecule has 0 N–H and O–H groups in total. The van der Waals surface area contributed by atoms with Crippen LogP contribution in [0.25, 0.3) is 0 Å². The molecule has 2 unspecified atom stereocenters. The molecule has 0 saturated heterocycles. The highest BCUT2D eigenvalue weighted by Gasteiger charge is 2.59. The van der Waals surface area contributed by atoms with E-state index >= 15 is 0 Å². The Morgan fingerprint density at radius 3 is 2.28 bits per heavy atom. The maximum absolute atomic E-state index is 12.6. The Balaban J connectivity index is 1.72. The molecule has 4 heteroatoms. The lowest BCUT2D eigenvalue weighted by molar-refractivity contribution is -0.158. The zero-order chi connectivity index (χ0) is 18.1. The van der Waals surface area contributed by atoms with E-state index in [0.717, 1.165) is 38.5 Å². The molecule has 0 amide bonds. The van der Waals surface area contributed by atoms with Gasteiger partial charge in [0.2, 0.25) is 0 Å². The number of ether oxygens (including phenoxy) is 2. The fraction of sp³-hybridized carbons (Fsp3) is 0.619. The summed E-state index contributed by atoms with van der Waals surface area (Å²) >= 11 is 0. The third-order valence-electron chi connectivity index (χ3n) is 5.18. The Morgan fingerprint density at radius 1 is 1.04 bits per heavy atom. The van der Waals surface area contributed by atoms with Gasteiger partial charge >= 0.3 is 11.9 Å². The van der Waals surface area contributed by atoms with Crippen LogP contribution in [-0.4, -0.2) is 23.1 Å². The second-order valence-corrected chi connectivity index (χ2v) is 8.36. The second kappa shape index (κ2) is 6.81. The normalized spacial score (nSPS) is 25.1. The van der Waals surface area contributed by atoms with Gasteiger partial charge in [-0.05, 0) is 65.0 Å². The van der Waals surface area contributed by atoms with Crippen LogP contribution in [0.5, 0.6) is 0 Å². The number of carbonyl (C=O) groups is 2. The second-order valence-electron chi connectivity index (χ2n) is 8.36. The van der Waals surface area contributed by atoms with Gasteiger partial charge in [-0.25, -0.2) is 4.79 Å². The van der Waals surface area contributed by atoms with E-state index in [9.17, 15) is 9.59 Å². The Labute approximate surface area is 149 Å². The minimum atomic E-state index is -0.507. The van der Waals surface area contributed by atoms with Gasteiger partial charge < -0.3 is 9.47 Å². The van der Waals surface area contributed by atoms with Gasteiger partial charge in [-0.2, -0.15) is 0 Å². The SMILES string of the molecule is CC(C)(C)OC(=O)C1CC1C1(OC(=O)c2ccccc2)CCCCC1. The summed E-state index contributed by atoms with van der Waals surface area (Å²) in [6, 6.07) is 9.11. The summed E-state index contributed by atoms with van der Waals surface area (Å²) in [5, 5.41) is 0. The summed E-state index contributed by atoms with van der Waals surface area (Å²) in [7, 11) is 0. The summed E-state index contributed by atoms with van der Waals surface area (Å²) in [6.45, 7) is 5.65. The van der Waals surface area contributed by atoms with Crippen LogP contribution in [0.3, 0.4) is 0 Å². The van der Waals surface area contributed by atoms with Crippen LogP contribution in [0.4, 0.5) is 0 Å². The van der Waals surface area contributed by atoms with E-state index in [1.807, 2.05) is 39.0 Å². The average molecular weight is 344 g/mol. The van der Waals surface area contributed by atoms with E-state index in [1.54, 1.807) is 12.1 Å². The molecule has 3 rings (SSSR count). The van der Waals surface area contributed by atoms with Crippen molar-refractivity contribution in [2.45, 2.75) is 70.5 Å². The van der Waals surface area contributed by atoms with Crippen molar-refractivity contribution < 1.29 is 19.1 Å². The third-order valence-corrected chi connectivity index (χ3v) is 5.18. The summed E-state index contributed by atoms with van der Waals surface area (Å²) in [6.07, 6.45) is 5.69. The summed E-state index contributed by atoms with van der Waals surface area (Å²) in [5.41, 5.74) is -0.417. The fourth-order valence-electron chi connectivity index (χ4n) is 3.93. The molecule has 1 aromatic carbocycles. The first kappa shape index (κ1) is 18.0. The van der Waals surface area contributed by atoms with Crippen molar-refractivity contribution in [3.05, 3.63) is 35.9 Å². The zero-order valence-electron chi connectivity index (χ0n) is 15.4. The Hall–Kier alpha value is -1.84. The third kappa shape index (κ3) is 4.23. The van der Waals surface area contributed by atoms with Gasteiger partial charge in [0, 0.05) is 5.92 Å².